The van der Waals surface area contributed by atoms with E-state index in [1.807, 2.05) is 6.07 Å². The minimum Gasteiger partial charge on any atom is -0.472 e. The zero-order chi connectivity index (χ0) is 15.1. The van der Waals surface area contributed by atoms with Crippen LogP contribution in [-0.4, -0.2) is 38.8 Å². The van der Waals surface area contributed by atoms with Crippen molar-refractivity contribution in [3.05, 3.63) is 52.5 Å². The maximum Gasteiger partial charge on any atom is 0.325 e. The fourth-order valence-electron chi connectivity index (χ4n) is 2.83. The van der Waals surface area contributed by atoms with Crippen molar-refractivity contribution in [1.29, 1.82) is 0 Å². The number of furan rings is 1. The molecule has 1 amide bonds. The molecule has 4 rings (SSSR count). The second-order valence-corrected chi connectivity index (χ2v) is 5.61. The van der Waals surface area contributed by atoms with Gasteiger partial charge in [-0.2, -0.15) is 0 Å². The number of rotatable bonds is 3. The number of hydrogen-bond donors (Lipinski definition) is 2. The lowest BCUT2D eigenvalue weighted by atomic mass is 9.93. The van der Waals surface area contributed by atoms with Crippen LogP contribution in [0, 0.1) is 5.92 Å². The topological polar surface area (TPSA) is 95.0 Å². The van der Waals surface area contributed by atoms with E-state index in [-0.39, 0.29) is 11.6 Å². The van der Waals surface area contributed by atoms with Crippen LogP contribution in [-0.2, 0) is 6.42 Å². The van der Waals surface area contributed by atoms with Gasteiger partial charge in [0, 0.05) is 19.3 Å². The Morgan fingerprint density at radius 3 is 3.05 bits per heavy atom. The number of likely N-dealkylation sites (tertiary alicyclic amines) is 1. The van der Waals surface area contributed by atoms with Crippen molar-refractivity contribution in [2.45, 2.75) is 6.42 Å². The summed E-state index contributed by atoms with van der Waals surface area (Å²) in [5.74, 6) is 0.408. The van der Waals surface area contributed by atoms with E-state index >= 15 is 0 Å². The molecule has 0 aromatic carbocycles. The Kier molecular flexibility index (Phi) is 2.85. The molecule has 4 heterocycles. The second-order valence-electron chi connectivity index (χ2n) is 5.61. The van der Waals surface area contributed by atoms with E-state index < -0.39 is 0 Å². The third-order valence-electron chi connectivity index (χ3n) is 3.96. The van der Waals surface area contributed by atoms with Gasteiger partial charge in [-0.3, -0.25) is 9.78 Å². The van der Waals surface area contributed by atoms with Crippen LogP contribution in [0.5, 0.6) is 0 Å². The first kappa shape index (κ1) is 12.9. The van der Waals surface area contributed by atoms with Crippen molar-refractivity contribution in [1.82, 2.24) is 19.9 Å². The molecule has 0 bridgehead atoms. The van der Waals surface area contributed by atoms with Crippen LogP contribution in [0.25, 0.3) is 11.2 Å². The summed E-state index contributed by atoms with van der Waals surface area (Å²) in [5, 5.41) is 0. The number of fused-ring (bicyclic) bond motifs is 1. The average molecular weight is 298 g/mol. The molecule has 1 saturated heterocycles. The van der Waals surface area contributed by atoms with E-state index in [1.165, 1.54) is 6.20 Å². The number of hydrogen-bond acceptors (Lipinski definition) is 4. The minimum atomic E-state index is -0.323. The molecular formula is C15H14N4O3. The Labute approximate surface area is 125 Å². The number of carbonyl (C=O) groups excluding carboxylic acids is 1. The summed E-state index contributed by atoms with van der Waals surface area (Å²) >= 11 is 0. The highest BCUT2D eigenvalue weighted by Crippen LogP contribution is 2.23. The number of nitrogens with one attached hydrogen (secondary N) is 2. The van der Waals surface area contributed by atoms with Crippen molar-refractivity contribution in [3.63, 3.8) is 0 Å². The number of nitrogens with zero attached hydrogens (tertiary/aromatic N) is 2. The molecule has 3 aromatic heterocycles. The van der Waals surface area contributed by atoms with E-state index in [0.29, 0.717) is 22.6 Å². The summed E-state index contributed by atoms with van der Waals surface area (Å²) < 4.78 is 5.05. The van der Waals surface area contributed by atoms with Gasteiger partial charge in [0.2, 0.25) is 0 Å². The molecule has 2 N–H and O–H groups in total. The van der Waals surface area contributed by atoms with Gasteiger partial charge >= 0.3 is 5.69 Å². The number of aromatic amines is 2. The highest BCUT2D eigenvalue weighted by molar-refractivity contribution is 5.96. The molecule has 7 nitrogen and oxygen atoms in total. The van der Waals surface area contributed by atoms with Crippen LogP contribution in [0.15, 0.2) is 40.1 Å². The first-order chi connectivity index (χ1) is 10.7. The number of aromatic nitrogens is 3. The van der Waals surface area contributed by atoms with E-state index in [0.717, 1.165) is 25.1 Å². The van der Waals surface area contributed by atoms with Gasteiger partial charge in [-0.1, -0.05) is 0 Å². The van der Waals surface area contributed by atoms with Crippen LogP contribution in [0.2, 0.25) is 0 Å². The summed E-state index contributed by atoms with van der Waals surface area (Å²) in [7, 11) is 0. The van der Waals surface area contributed by atoms with Gasteiger partial charge in [-0.15, -0.1) is 0 Å². The van der Waals surface area contributed by atoms with Gasteiger partial charge < -0.3 is 14.3 Å². The smallest absolute Gasteiger partial charge is 0.325 e. The van der Waals surface area contributed by atoms with Gasteiger partial charge in [-0.25, -0.2) is 9.78 Å². The van der Waals surface area contributed by atoms with Crippen LogP contribution in [0.3, 0.4) is 0 Å². The number of pyridine rings is 1. The zero-order valence-corrected chi connectivity index (χ0v) is 11.7. The van der Waals surface area contributed by atoms with Gasteiger partial charge in [-0.05, 0) is 30.0 Å². The summed E-state index contributed by atoms with van der Waals surface area (Å²) in [4.78, 5) is 34.7. The summed E-state index contributed by atoms with van der Waals surface area (Å²) in [5.41, 5.74) is 2.33. The lowest BCUT2D eigenvalue weighted by Crippen LogP contribution is -2.50. The first-order valence-electron chi connectivity index (χ1n) is 7.07. The monoisotopic (exact) mass is 298 g/mol. The Hall–Kier alpha value is -2.83. The zero-order valence-electron chi connectivity index (χ0n) is 11.7. The molecule has 7 heteroatoms. The average Bonchev–Trinajstić information content (AvgIpc) is 3.08. The lowest BCUT2D eigenvalue weighted by molar-refractivity contribution is 0.0501. The fraction of sp³-hybridized carbons (Fsp3) is 0.267. The summed E-state index contributed by atoms with van der Waals surface area (Å²) in [6, 6.07) is 3.61. The number of imidazole rings is 1. The molecule has 0 aliphatic carbocycles. The predicted molar refractivity (Wildman–Crippen MR) is 78.5 cm³/mol. The van der Waals surface area contributed by atoms with E-state index in [4.69, 9.17) is 4.42 Å². The minimum absolute atomic E-state index is 0.0557. The molecule has 0 spiro atoms. The molecule has 0 unspecified atom stereocenters. The second kappa shape index (κ2) is 4.87. The Morgan fingerprint density at radius 1 is 1.41 bits per heavy atom. The van der Waals surface area contributed by atoms with Crippen LogP contribution in [0.4, 0.5) is 0 Å². The molecule has 112 valence electrons. The molecule has 3 aromatic rings. The maximum absolute atomic E-state index is 12.4. The van der Waals surface area contributed by atoms with Crippen molar-refractivity contribution in [2.75, 3.05) is 13.1 Å². The van der Waals surface area contributed by atoms with Crippen molar-refractivity contribution in [2.24, 2.45) is 5.92 Å². The molecular weight excluding hydrogens is 284 g/mol. The SMILES string of the molecule is O=C(c1cnc2[nH]c(=O)[nH]c2c1)N1CC(Cc2ccoc2)C1. The van der Waals surface area contributed by atoms with Crippen LogP contribution < -0.4 is 5.69 Å². The summed E-state index contributed by atoms with van der Waals surface area (Å²) in [6.45, 7) is 1.46. The first-order valence-corrected chi connectivity index (χ1v) is 7.07. The predicted octanol–water partition coefficient (Wildman–Crippen LogP) is 1.16. The quantitative estimate of drug-likeness (QED) is 0.758. The van der Waals surface area contributed by atoms with E-state index in [1.54, 1.807) is 23.5 Å². The van der Waals surface area contributed by atoms with Gasteiger partial charge in [0.15, 0.2) is 5.65 Å². The number of H-pyrrole nitrogens is 2. The maximum atomic E-state index is 12.4. The number of carbonyl (C=O) groups is 1. The van der Waals surface area contributed by atoms with Crippen molar-refractivity contribution < 1.29 is 9.21 Å². The molecule has 0 atom stereocenters. The van der Waals surface area contributed by atoms with Crippen LogP contribution >= 0.6 is 0 Å². The molecule has 1 aliphatic rings. The van der Waals surface area contributed by atoms with Crippen molar-refractivity contribution in [3.8, 4) is 0 Å². The molecule has 22 heavy (non-hydrogen) atoms. The van der Waals surface area contributed by atoms with Gasteiger partial charge in [0.25, 0.3) is 5.91 Å². The molecule has 1 aliphatic heterocycles. The molecule has 0 saturated carbocycles. The summed E-state index contributed by atoms with van der Waals surface area (Å²) in [6.07, 6.45) is 5.82. The van der Waals surface area contributed by atoms with Crippen LogP contribution in [0.1, 0.15) is 15.9 Å². The Morgan fingerprint density at radius 2 is 2.27 bits per heavy atom. The van der Waals surface area contributed by atoms with Gasteiger partial charge in [0.05, 0.1) is 23.6 Å². The molecule has 0 radical (unpaired) electrons. The lowest BCUT2D eigenvalue weighted by Gasteiger charge is -2.39. The Bertz CT molecular complexity index is 872. The molecule has 1 fully saturated rings. The van der Waals surface area contributed by atoms with Crippen molar-refractivity contribution >= 4 is 17.1 Å². The normalized spacial score (nSPS) is 15.2. The third-order valence-corrected chi connectivity index (χ3v) is 3.96. The van der Waals surface area contributed by atoms with E-state index in [9.17, 15) is 9.59 Å². The largest absolute Gasteiger partial charge is 0.472 e. The standard InChI is InChI=1S/C15H14N4O3/c20-14(11-4-12-13(16-5-11)18-15(21)17-12)19-6-10(7-19)3-9-1-2-22-8-9/h1-2,4-5,8,10H,3,6-7H2,(H2,16,17,18,21). The fourth-order valence-corrected chi connectivity index (χ4v) is 2.83. The Balaban J connectivity index is 1.44. The van der Waals surface area contributed by atoms with E-state index in [2.05, 4.69) is 15.0 Å². The number of amides is 1. The highest BCUT2D eigenvalue weighted by Gasteiger charge is 2.31. The van der Waals surface area contributed by atoms with Gasteiger partial charge in [0.1, 0.15) is 0 Å². The third kappa shape index (κ3) is 2.20. The highest BCUT2D eigenvalue weighted by atomic mass is 16.3.